The summed E-state index contributed by atoms with van der Waals surface area (Å²) in [6.45, 7) is 5.32. The highest BCUT2D eigenvalue weighted by Gasteiger charge is 2.23. The summed E-state index contributed by atoms with van der Waals surface area (Å²) in [6, 6.07) is 0.202. The van der Waals surface area contributed by atoms with E-state index >= 15 is 0 Å². The molecule has 0 bridgehead atoms. The third kappa shape index (κ3) is 3.70. The second-order valence-corrected chi connectivity index (χ2v) is 4.10. The molecule has 1 saturated carbocycles. The fourth-order valence-electron chi connectivity index (χ4n) is 1.99. The predicted molar refractivity (Wildman–Crippen MR) is 59.6 cm³/mol. The topological polar surface area (TPSA) is 55.6 Å². The number of nitrogens with two attached hydrogens (primary N) is 1. The second-order valence-electron chi connectivity index (χ2n) is 4.10. The summed E-state index contributed by atoms with van der Waals surface area (Å²) in [5.74, 6) is 0. The molecular formula is C11H22N2O2. The van der Waals surface area contributed by atoms with Crippen molar-refractivity contribution in [2.75, 3.05) is 13.1 Å². The van der Waals surface area contributed by atoms with E-state index in [1.807, 2.05) is 13.8 Å². The van der Waals surface area contributed by atoms with Crippen molar-refractivity contribution in [2.45, 2.75) is 51.7 Å². The molecule has 1 fully saturated rings. The van der Waals surface area contributed by atoms with Crippen LogP contribution in [0.3, 0.4) is 0 Å². The van der Waals surface area contributed by atoms with Gasteiger partial charge >= 0.3 is 6.09 Å². The largest absolute Gasteiger partial charge is 0.446 e. The Labute approximate surface area is 91.8 Å². The summed E-state index contributed by atoms with van der Waals surface area (Å²) < 4.78 is 5.41. The molecule has 0 aromatic heterocycles. The van der Waals surface area contributed by atoms with E-state index in [9.17, 15) is 4.79 Å². The number of carbonyl (C=O) groups is 1. The van der Waals surface area contributed by atoms with Gasteiger partial charge in [0.2, 0.25) is 0 Å². The van der Waals surface area contributed by atoms with Crippen LogP contribution >= 0.6 is 0 Å². The van der Waals surface area contributed by atoms with E-state index in [0.717, 1.165) is 25.7 Å². The van der Waals surface area contributed by atoms with Gasteiger partial charge in [0, 0.05) is 19.1 Å². The standard InChI is InChI=1S/C11H22N2O2/c1-3-13(4-2)11(14)15-10-7-5-6-9(12)8-10/h9-10H,3-8,12H2,1-2H3. The maximum absolute atomic E-state index is 11.6. The van der Waals surface area contributed by atoms with Crippen LogP contribution in [-0.4, -0.2) is 36.2 Å². The number of ether oxygens (including phenoxy) is 1. The van der Waals surface area contributed by atoms with Crippen molar-refractivity contribution >= 4 is 6.09 Å². The monoisotopic (exact) mass is 214 g/mol. The van der Waals surface area contributed by atoms with Gasteiger partial charge in [-0.1, -0.05) is 0 Å². The Kier molecular flexibility index (Phi) is 4.88. The zero-order valence-electron chi connectivity index (χ0n) is 9.74. The van der Waals surface area contributed by atoms with Crippen LogP contribution in [0, 0.1) is 0 Å². The Bertz CT molecular complexity index is 205. The fourth-order valence-corrected chi connectivity index (χ4v) is 1.99. The van der Waals surface area contributed by atoms with Gasteiger partial charge in [0.05, 0.1) is 0 Å². The number of amides is 1. The highest BCUT2D eigenvalue weighted by Crippen LogP contribution is 2.20. The van der Waals surface area contributed by atoms with Crippen LogP contribution in [0.15, 0.2) is 0 Å². The van der Waals surface area contributed by atoms with E-state index in [4.69, 9.17) is 10.5 Å². The first-order chi connectivity index (χ1) is 7.17. The van der Waals surface area contributed by atoms with Crippen molar-refractivity contribution in [1.82, 2.24) is 4.90 Å². The molecule has 15 heavy (non-hydrogen) atoms. The van der Waals surface area contributed by atoms with Crippen LogP contribution in [0.4, 0.5) is 4.79 Å². The van der Waals surface area contributed by atoms with Crippen LogP contribution in [-0.2, 0) is 4.74 Å². The molecule has 2 unspecified atom stereocenters. The molecule has 0 spiro atoms. The lowest BCUT2D eigenvalue weighted by Gasteiger charge is -2.28. The zero-order chi connectivity index (χ0) is 11.3. The van der Waals surface area contributed by atoms with Crippen LogP contribution in [0.2, 0.25) is 0 Å². The third-order valence-electron chi connectivity index (χ3n) is 2.96. The van der Waals surface area contributed by atoms with Gasteiger partial charge in [0.15, 0.2) is 0 Å². The minimum absolute atomic E-state index is 0.0295. The third-order valence-corrected chi connectivity index (χ3v) is 2.96. The van der Waals surface area contributed by atoms with Crippen molar-refractivity contribution in [2.24, 2.45) is 5.73 Å². The fraction of sp³-hybridized carbons (Fsp3) is 0.909. The first-order valence-corrected chi connectivity index (χ1v) is 5.88. The number of hydrogen-bond acceptors (Lipinski definition) is 3. The Balaban J connectivity index is 2.36. The molecule has 4 nitrogen and oxygen atoms in total. The average molecular weight is 214 g/mol. The minimum atomic E-state index is -0.195. The zero-order valence-corrected chi connectivity index (χ0v) is 9.74. The van der Waals surface area contributed by atoms with E-state index in [-0.39, 0.29) is 18.2 Å². The summed E-state index contributed by atoms with van der Waals surface area (Å²) in [6.07, 6.45) is 3.73. The van der Waals surface area contributed by atoms with Crippen LogP contribution < -0.4 is 5.73 Å². The Morgan fingerprint density at radius 3 is 2.60 bits per heavy atom. The number of rotatable bonds is 3. The van der Waals surface area contributed by atoms with Crippen LogP contribution in [0.1, 0.15) is 39.5 Å². The SMILES string of the molecule is CCN(CC)C(=O)OC1CCCC(N)C1. The molecule has 1 amide bonds. The molecular weight excluding hydrogens is 192 g/mol. The lowest BCUT2D eigenvalue weighted by atomic mass is 9.94. The van der Waals surface area contributed by atoms with Crippen LogP contribution in [0.5, 0.6) is 0 Å². The molecule has 1 aliphatic carbocycles. The van der Waals surface area contributed by atoms with Gasteiger partial charge in [-0.25, -0.2) is 4.79 Å². The molecule has 2 atom stereocenters. The summed E-state index contributed by atoms with van der Waals surface area (Å²) in [7, 11) is 0. The van der Waals surface area contributed by atoms with Crippen LogP contribution in [0.25, 0.3) is 0 Å². The summed E-state index contributed by atoms with van der Waals surface area (Å²) >= 11 is 0. The molecule has 0 radical (unpaired) electrons. The molecule has 0 aliphatic heterocycles. The normalized spacial score (nSPS) is 26.1. The van der Waals surface area contributed by atoms with Gasteiger partial charge in [-0.3, -0.25) is 0 Å². The minimum Gasteiger partial charge on any atom is -0.446 e. The highest BCUT2D eigenvalue weighted by molar-refractivity contribution is 5.67. The molecule has 0 heterocycles. The van der Waals surface area contributed by atoms with E-state index in [1.165, 1.54) is 0 Å². The van der Waals surface area contributed by atoms with E-state index in [0.29, 0.717) is 13.1 Å². The Morgan fingerprint density at radius 2 is 2.07 bits per heavy atom. The van der Waals surface area contributed by atoms with E-state index < -0.39 is 0 Å². The predicted octanol–water partition coefficient (Wildman–Crippen LogP) is 1.73. The molecule has 0 aromatic rings. The van der Waals surface area contributed by atoms with Crippen molar-refractivity contribution in [3.8, 4) is 0 Å². The lowest BCUT2D eigenvalue weighted by molar-refractivity contribution is 0.0444. The maximum atomic E-state index is 11.6. The summed E-state index contributed by atoms with van der Waals surface area (Å²) in [5.41, 5.74) is 5.84. The average Bonchev–Trinajstić information content (AvgIpc) is 2.19. The van der Waals surface area contributed by atoms with E-state index in [2.05, 4.69) is 0 Å². The van der Waals surface area contributed by atoms with Crippen molar-refractivity contribution in [3.05, 3.63) is 0 Å². The molecule has 1 rings (SSSR count). The van der Waals surface area contributed by atoms with Gasteiger partial charge < -0.3 is 15.4 Å². The van der Waals surface area contributed by atoms with Crippen molar-refractivity contribution < 1.29 is 9.53 Å². The number of nitrogens with zero attached hydrogens (tertiary/aromatic N) is 1. The first-order valence-electron chi connectivity index (χ1n) is 5.88. The highest BCUT2D eigenvalue weighted by atomic mass is 16.6. The van der Waals surface area contributed by atoms with Gasteiger partial charge in [-0.05, 0) is 39.5 Å². The lowest BCUT2D eigenvalue weighted by Crippen LogP contribution is -2.38. The quantitative estimate of drug-likeness (QED) is 0.778. The Hall–Kier alpha value is -0.770. The smallest absolute Gasteiger partial charge is 0.410 e. The first kappa shape index (κ1) is 12.3. The maximum Gasteiger partial charge on any atom is 0.410 e. The van der Waals surface area contributed by atoms with Gasteiger partial charge in [-0.15, -0.1) is 0 Å². The van der Waals surface area contributed by atoms with Gasteiger partial charge in [0.1, 0.15) is 6.10 Å². The molecule has 2 N–H and O–H groups in total. The Morgan fingerprint density at radius 1 is 1.40 bits per heavy atom. The summed E-state index contributed by atoms with van der Waals surface area (Å²) in [5, 5.41) is 0. The number of hydrogen-bond donors (Lipinski definition) is 1. The molecule has 0 aromatic carbocycles. The number of carbonyl (C=O) groups excluding carboxylic acids is 1. The molecule has 0 saturated heterocycles. The van der Waals surface area contributed by atoms with Crippen molar-refractivity contribution in [3.63, 3.8) is 0 Å². The van der Waals surface area contributed by atoms with Crippen molar-refractivity contribution in [1.29, 1.82) is 0 Å². The molecule has 1 aliphatic rings. The molecule has 4 heteroatoms. The molecule has 88 valence electrons. The van der Waals surface area contributed by atoms with E-state index in [1.54, 1.807) is 4.90 Å². The van der Waals surface area contributed by atoms with Gasteiger partial charge in [0.25, 0.3) is 0 Å². The second kappa shape index (κ2) is 5.95. The summed E-state index contributed by atoms with van der Waals surface area (Å²) in [4.78, 5) is 13.3. The van der Waals surface area contributed by atoms with Gasteiger partial charge in [-0.2, -0.15) is 0 Å².